The Kier molecular flexibility index (Phi) is 5.11. The zero-order valence-electron chi connectivity index (χ0n) is 12.9. The highest BCUT2D eigenvalue weighted by Crippen LogP contribution is 2.26. The standard InChI is InChI=1S/C16H13ClN4O3S/c17-11-4-3-10(8-13(11)21(23)24)16(22)18-6-5-12-15(20-9-19-12)14-2-1-7-25-14/h1-4,7-9H,5-6H2,(H,18,22)(H,19,20). The van der Waals surface area contributed by atoms with E-state index in [1.807, 2.05) is 17.5 Å². The topological polar surface area (TPSA) is 101 Å². The highest BCUT2D eigenvalue weighted by atomic mass is 35.5. The summed E-state index contributed by atoms with van der Waals surface area (Å²) < 4.78 is 0. The second-order valence-corrected chi connectivity index (χ2v) is 6.49. The molecule has 0 aliphatic heterocycles. The fourth-order valence-corrected chi connectivity index (χ4v) is 3.27. The van der Waals surface area contributed by atoms with Gasteiger partial charge in [-0.25, -0.2) is 4.98 Å². The number of nitro groups is 1. The third-order valence-electron chi connectivity index (χ3n) is 3.54. The van der Waals surface area contributed by atoms with Crippen molar-refractivity contribution >= 4 is 34.5 Å². The zero-order valence-corrected chi connectivity index (χ0v) is 14.4. The van der Waals surface area contributed by atoms with Gasteiger partial charge in [-0.15, -0.1) is 11.3 Å². The van der Waals surface area contributed by atoms with E-state index in [2.05, 4.69) is 15.3 Å². The lowest BCUT2D eigenvalue weighted by atomic mass is 10.1. The fraction of sp³-hybridized carbons (Fsp3) is 0.125. The molecular weight excluding hydrogens is 364 g/mol. The maximum absolute atomic E-state index is 12.2. The molecule has 0 bridgehead atoms. The highest BCUT2D eigenvalue weighted by molar-refractivity contribution is 7.13. The monoisotopic (exact) mass is 376 g/mol. The van der Waals surface area contributed by atoms with Crippen LogP contribution in [0, 0.1) is 10.1 Å². The molecule has 0 unspecified atom stereocenters. The van der Waals surface area contributed by atoms with Gasteiger partial charge in [0, 0.05) is 30.3 Å². The molecule has 0 saturated heterocycles. The van der Waals surface area contributed by atoms with Gasteiger partial charge in [-0.1, -0.05) is 17.7 Å². The number of amides is 1. The van der Waals surface area contributed by atoms with E-state index in [1.165, 1.54) is 18.2 Å². The summed E-state index contributed by atoms with van der Waals surface area (Å²) in [5.41, 5.74) is 1.69. The molecule has 0 spiro atoms. The third kappa shape index (κ3) is 3.86. The van der Waals surface area contributed by atoms with E-state index in [1.54, 1.807) is 17.7 Å². The number of nitro benzene ring substituents is 1. The number of halogens is 1. The average molecular weight is 377 g/mol. The first-order valence-electron chi connectivity index (χ1n) is 7.34. The van der Waals surface area contributed by atoms with Gasteiger partial charge in [-0.3, -0.25) is 14.9 Å². The smallest absolute Gasteiger partial charge is 0.288 e. The number of aromatic nitrogens is 2. The zero-order chi connectivity index (χ0) is 17.8. The van der Waals surface area contributed by atoms with Crippen LogP contribution in [0.3, 0.4) is 0 Å². The molecule has 0 radical (unpaired) electrons. The molecule has 0 aliphatic carbocycles. The number of H-pyrrole nitrogens is 1. The molecule has 2 N–H and O–H groups in total. The van der Waals surface area contributed by atoms with E-state index >= 15 is 0 Å². The molecule has 3 aromatic rings. The lowest BCUT2D eigenvalue weighted by Gasteiger charge is -2.06. The first kappa shape index (κ1) is 17.1. The number of carbonyl (C=O) groups excluding carboxylic acids is 1. The van der Waals surface area contributed by atoms with Crippen LogP contribution < -0.4 is 5.32 Å². The highest BCUT2D eigenvalue weighted by Gasteiger charge is 2.16. The quantitative estimate of drug-likeness (QED) is 0.506. The van der Waals surface area contributed by atoms with Crippen molar-refractivity contribution in [2.75, 3.05) is 6.54 Å². The largest absolute Gasteiger partial charge is 0.352 e. The van der Waals surface area contributed by atoms with Crippen LogP contribution in [-0.2, 0) is 6.42 Å². The predicted octanol–water partition coefficient (Wildman–Crippen LogP) is 3.67. The SMILES string of the molecule is O=C(NCCc1[nH]cnc1-c1cccs1)c1ccc(Cl)c([N+](=O)[O-])c1. The molecule has 1 aromatic carbocycles. The third-order valence-corrected chi connectivity index (χ3v) is 4.73. The van der Waals surface area contributed by atoms with Crippen LogP contribution >= 0.6 is 22.9 Å². The van der Waals surface area contributed by atoms with Crippen molar-refractivity contribution in [1.82, 2.24) is 15.3 Å². The molecular formula is C16H13ClN4O3S. The van der Waals surface area contributed by atoms with Crippen LogP contribution in [0.25, 0.3) is 10.6 Å². The fourth-order valence-electron chi connectivity index (χ4n) is 2.33. The van der Waals surface area contributed by atoms with Crippen molar-refractivity contribution in [3.8, 4) is 10.6 Å². The van der Waals surface area contributed by atoms with Gasteiger partial charge >= 0.3 is 0 Å². The van der Waals surface area contributed by atoms with Crippen molar-refractivity contribution in [3.63, 3.8) is 0 Å². The second-order valence-electron chi connectivity index (χ2n) is 5.14. The number of hydrogen-bond acceptors (Lipinski definition) is 5. The number of hydrogen-bond donors (Lipinski definition) is 2. The molecule has 3 rings (SSSR count). The van der Waals surface area contributed by atoms with Crippen molar-refractivity contribution in [1.29, 1.82) is 0 Å². The summed E-state index contributed by atoms with van der Waals surface area (Å²) in [6.45, 7) is 0.371. The van der Waals surface area contributed by atoms with E-state index in [9.17, 15) is 14.9 Å². The average Bonchev–Trinajstić information content (AvgIpc) is 3.25. The molecule has 2 heterocycles. The number of aromatic amines is 1. The molecule has 128 valence electrons. The molecule has 0 atom stereocenters. The van der Waals surface area contributed by atoms with Crippen LogP contribution in [0.2, 0.25) is 5.02 Å². The van der Waals surface area contributed by atoms with Gasteiger partial charge in [0.15, 0.2) is 0 Å². The lowest BCUT2D eigenvalue weighted by molar-refractivity contribution is -0.384. The van der Waals surface area contributed by atoms with Crippen LogP contribution in [0.1, 0.15) is 16.1 Å². The summed E-state index contributed by atoms with van der Waals surface area (Å²) >= 11 is 7.34. The lowest BCUT2D eigenvalue weighted by Crippen LogP contribution is -2.26. The van der Waals surface area contributed by atoms with Crippen LogP contribution in [0.15, 0.2) is 42.0 Å². The number of carbonyl (C=O) groups is 1. The number of thiophene rings is 1. The Morgan fingerprint density at radius 2 is 2.24 bits per heavy atom. The van der Waals surface area contributed by atoms with Crippen LogP contribution in [0.5, 0.6) is 0 Å². The number of nitrogens with zero attached hydrogens (tertiary/aromatic N) is 2. The summed E-state index contributed by atoms with van der Waals surface area (Å²) in [6, 6.07) is 7.91. The summed E-state index contributed by atoms with van der Waals surface area (Å²) in [5.74, 6) is -0.392. The molecule has 25 heavy (non-hydrogen) atoms. The second kappa shape index (κ2) is 7.45. The number of rotatable bonds is 6. The van der Waals surface area contributed by atoms with Crippen LogP contribution in [0.4, 0.5) is 5.69 Å². The Balaban J connectivity index is 1.63. The van der Waals surface area contributed by atoms with Gasteiger partial charge in [-0.2, -0.15) is 0 Å². The Hall–Kier alpha value is -2.71. The van der Waals surface area contributed by atoms with Gasteiger partial charge in [0.05, 0.1) is 16.1 Å². The minimum atomic E-state index is -0.614. The first-order valence-corrected chi connectivity index (χ1v) is 8.60. The molecule has 0 aliphatic rings. The number of nitrogens with one attached hydrogen (secondary N) is 2. The Morgan fingerprint density at radius 1 is 1.40 bits per heavy atom. The van der Waals surface area contributed by atoms with Crippen LogP contribution in [-0.4, -0.2) is 27.3 Å². The number of imidazole rings is 1. The minimum absolute atomic E-state index is 0.000371. The maximum atomic E-state index is 12.2. The van der Waals surface area contributed by atoms with Crippen molar-refractivity contribution < 1.29 is 9.72 Å². The van der Waals surface area contributed by atoms with E-state index in [0.29, 0.717) is 13.0 Å². The number of benzene rings is 1. The molecule has 0 saturated carbocycles. The Morgan fingerprint density at radius 3 is 2.96 bits per heavy atom. The van der Waals surface area contributed by atoms with Crippen molar-refractivity contribution in [2.24, 2.45) is 0 Å². The molecule has 0 fully saturated rings. The predicted molar refractivity (Wildman–Crippen MR) is 96.0 cm³/mol. The first-order chi connectivity index (χ1) is 12.1. The molecule has 7 nitrogen and oxygen atoms in total. The van der Waals surface area contributed by atoms with Gasteiger partial charge in [0.1, 0.15) is 10.7 Å². The summed E-state index contributed by atoms with van der Waals surface area (Å²) in [6.07, 6.45) is 2.18. The van der Waals surface area contributed by atoms with Crippen molar-refractivity contribution in [3.05, 3.63) is 68.4 Å². The maximum Gasteiger partial charge on any atom is 0.288 e. The van der Waals surface area contributed by atoms with Gasteiger partial charge in [0.2, 0.25) is 0 Å². The van der Waals surface area contributed by atoms with Gasteiger partial charge in [0.25, 0.3) is 11.6 Å². The van der Waals surface area contributed by atoms with Gasteiger partial charge in [-0.05, 0) is 23.6 Å². The molecule has 2 aromatic heterocycles. The summed E-state index contributed by atoms with van der Waals surface area (Å²) in [5, 5.41) is 15.6. The van der Waals surface area contributed by atoms with E-state index in [-0.39, 0.29) is 16.3 Å². The van der Waals surface area contributed by atoms with E-state index in [0.717, 1.165) is 16.3 Å². The molecule has 9 heteroatoms. The molecule has 1 amide bonds. The normalized spacial score (nSPS) is 10.6. The summed E-state index contributed by atoms with van der Waals surface area (Å²) in [7, 11) is 0. The Bertz CT molecular complexity index is 908. The van der Waals surface area contributed by atoms with E-state index in [4.69, 9.17) is 11.6 Å². The van der Waals surface area contributed by atoms with E-state index < -0.39 is 10.8 Å². The Labute approximate surface area is 151 Å². The minimum Gasteiger partial charge on any atom is -0.352 e. The van der Waals surface area contributed by atoms with Crippen molar-refractivity contribution in [2.45, 2.75) is 6.42 Å². The summed E-state index contributed by atoms with van der Waals surface area (Å²) in [4.78, 5) is 30.9. The van der Waals surface area contributed by atoms with Gasteiger partial charge < -0.3 is 10.3 Å².